The van der Waals surface area contributed by atoms with Crippen molar-refractivity contribution in [3.05, 3.63) is 121 Å². The molecule has 0 aromatic heterocycles. The Morgan fingerprint density at radius 2 is 0.838 bits per heavy atom. The molecule has 0 amide bonds. The zero-order chi connectivity index (χ0) is 27.2. The second kappa shape index (κ2) is 11.2. The Kier molecular flexibility index (Phi) is 8.53. The maximum absolute atomic E-state index is 12.1. The fraction of sp³-hybridized carbons (Fsp3) is 0.143. The highest BCUT2D eigenvalue weighted by atomic mass is 32.2. The fourth-order valence-corrected chi connectivity index (χ4v) is 4.40. The van der Waals surface area contributed by atoms with Crippen molar-refractivity contribution in [1.29, 1.82) is 0 Å². The van der Waals surface area contributed by atoms with E-state index in [1.165, 1.54) is 22.7 Å². The first-order chi connectivity index (χ1) is 17.5. The predicted molar refractivity (Wildman–Crippen MR) is 136 cm³/mol. The van der Waals surface area contributed by atoms with Gasteiger partial charge in [0.1, 0.15) is 22.7 Å². The van der Waals surface area contributed by atoms with Crippen molar-refractivity contribution in [2.75, 3.05) is 0 Å². The summed E-state index contributed by atoms with van der Waals surface area (Å²) in [6, 6.07) is 42.8. The first-order valence-corrected chi connectivity index (χ1v) is 12.7. The highest BCUT2D eigenvalue weighted by Crippen LogP contribution is 2.50. The van der Waals surface area contributed by atoms with Crippen molar-refractivity contribution in [3.63, 3.8) is 0 Å². The topological polar surface area (TPSA) is 57.2 Å². The minimum absolute atomic E-state index is 0.559. The van der Waals surface area contributed by atoms with E-state index >= 15 is 0 Å². The standard InChI is InChI=1S/C24H20N.C4H6F4O3S/c1-5-13-21(14-6-1)25(22-15-7-2-8-16-22,23-17-9-3-10-18-23)24-19-11-4-12-20-24;1-2-3(5,6)4(7,8)12(9,10)11/h1-20H;2H2,1H3,(H,9,10,11)/q+1;/p-1. The van der Waals surface area contributed by atoms with Gasteiger partial charge in [-0.15, -0.1) is 0 Å². The van der Waals surface area contributed by atoms with Gasteiger partial charge in [0.25, 0.3) is 0 Å². The summed E-state index contributed by atoms with van der Waals surface area (Å²) in [6.07, 6.45) is -1.42. The summed E-state index contributed by atoms with van der Waals surface area (Å²) in [5.41, 5.74) is 4.86. The number of alkyl halides is 4. The number of quaternary nitrogens is 1. The number of halogens is 4. The van der Waals surface area contributed by atoms with Gasteiger partial charge in [-0.25, -0.2) is 8.42 Å². The van der Waals surface area contributed by atoms with E-state index in [-0.39, 0.29) is 0 Å². The van der Waals surface area contributed by atoms with Gasteiger partial charge in [0.05, 0.1) is 0 Å². The van der Waals surface area contributed by atoms with Crippen LogP contribution in [0.3, 0.4) is 0 Å². The molecule has 9 heteroatoms. The molecule has 4 rings (SSSR count). The number of benzene rings is 4. The number of hydrogen-bond acceptors (Lipinski definition) is 3. The van der Waals surface area contributed by atoms with E-state index in [0.717, 1.165) is 0 Å². The summed E-state index contributed by atoms with van der Waals surface area (Å²) >= 11 is 0. The Bertz CT molecular complexity index is 1210. The lowest BCUT2D eigenvalue weighted by Crippen LogP contribution is -2.46. The number of para-hydroxylation sites is 4. The van der Waals surface area contributed by atoms with E-state index in [2.05, 4.69) is 121 Å². The van der Waals surface area contributed by atoms with Crippen molar-refractivity contribution < 1.29 is 30.5 Å². The smallest absolute Gasteiger partial charge is 0.396 e. The molecule has 37 heavy (non-hydrogen) atoms. The molecule has 194 valence electrons. The van der Waals surface area contributed by atoms with Crippen LogP contribution in [0.1, 0.15) is 13.3 Å². The summed E-state index contributed by atoms with van der Waals surface area (Å²) in [7, 11) is -6.31. The molecule has 0 bridgehead atoms. The average Bonchev–Trinajstić information content (AvgIpc) is 2.91. The average molecular weight is 532 g/mol. The van der Waals surface area contributed by atoms with Crippen LogP contribution in [0.2, 0.25) is 0 Å². The van der Waals surface area contributed by atoms with Crippen LogP contribution in [0.4, 0.5) is 40.3 Å². The van der Waals surface area contributed by atoms with E-state index in [0.29, 0.717) is 11.4 Å². The monoisotopic (exact) mass is 531 g/mol. The number of nitrogens with zero attached hydrogens (tertiary/aromatic N) is 1. The Morgan fingerprint density at radius 3 is 1.00 bits per heavy atom. The zero-order valence-electron chi connectivity index (χ0n) is 19.8. The van der Waals surface area contributed by atoms with Gasteiger partial charge in [-0.3, -0.25) is 0 Å². The summed E-state index contributed by atoms with van der Waals surface area (Å²) in [5.74, 6) is -4.81. The SMILES string of the molecule is CCC(F)(F)C(F)(F)S(=O)(=O)[O-].c1ccc([N+](c2ccccc2)(c2ccccc2)c2ccccc2)cc1. The van der Waals surface area contributed by atoms with Crippen LogP contribution in [-0.2, 0) is 10.1 Å². The van der Waals surface area contributed by atoms with Gasteiger partial charge in [-0.2, -0.15) is 22.0 Å². The lowest BCUT2D eigenvalue weighted by molar-refractivity contribution is -0.161. The van der Waals surface area contributed by atoms with Crippen molar-refractivity contribution in [2.45, 2.75) is 24.5 Å². The summed E-state index contributed by atoms with van der Waals surface area (Å²) in [6.45, 7) is 0.652. The number of hydrogen-bond donors (Lipinski definition) is 0. The molecule has 4 aromatic rings. The third-order valence-electron chi connectivity index (χ3n) is 5.76. The Hall–Kier alpha value is -3.53. The Morgan fingerprint density at radius 1 is 0.595 bits per heavy atom. The van der Waals surface area contributed by atoms with Crippen molar-refractivity contribution in [1.82, 2.24) is 4.48 Å². The van der Waals surface area contributed by atoms with Gasteiger partial charge < -0.3 is 4.55 Å². The highest BCUT2D eigenvalue weighted by molar-refractivity contribution is 7.86. The Balaban J connectivity index is 0.000000270. The largest absolute Gasteiger partial charge is 0.743 e. The molecule has 0 aliphatic carbocycles. The summed E-state index contributed by atoms with van der Waals surface area (Å²) in [4.78, 5) is 0. The molecule has 0 heterocycles. The summed E-state index contributed by atoms with van der Waals surface area (Å²) < 4.78 is 77.9. The molecule has 0 saturated heterocycles. The maximum atomic E-state index is 12.1. The Labute approximate surface area is 213 Å². The van der Waals surface area contributed by atoms with Crippen LogP contribution < -0.4 is 4.48 Å². The van der Waals surface area contributed by atoms with Crippen molar-refractivity contribution in [3.8, 4) is 0 Å². The molecule has 0 aliphatic heterocycles. The molecule has 0 fully saturated rings. The van der Waals surface area contributed by atoms with E-state index in [1.807, 2.05) is 0 Å². The molecule has 4 aromatic carbocycles. The van der Waals surface area contributed by atoms with Gasteiger partial charge in [-0.05, 0) is 0 Å². The van der Waals surface area contributed by atoms with Crippen LogP contribution in [0, 0.1) is 0 Å². The second-order valence-electron chi connectivity index (χ2n) is 8.04. The molecular formula is C28H25F4NO3S. The van der Waals surface area contributed by atoms with Crippen molar-refractivity contribution >= 4 is 32.9 Å². The van der Waals surface area contributed by atoms with Crippen LogP contribution in [-0.4, -0.2) is 24.1 Å². The van der Waals surface area contributed by atoms with E-state index in [4.69, 9.17) is 0 Å². The minimum Gasteiger partial charge on any atom is -0.743 e. The molecule has 0 unspecified atom stereocenters. The molecule has 0 saturated carbocycles. The lowest BCUT2D eigenvalue weighted by Gasteiger charge is -2.37. The van der Waals surface area contributed by atoms with Crippen molar-refractivity contribution in [2.24, 2.45) is 0 Å². The summed E-state index contributed by atoms with van der Waals surface area (Å²) in [5, 5.41) is -5.53. The quantitative estimate of drug-likeness (QED) is 0.137. The van der Waals surface area contributed by atoms with Crippen LogP contribution in [0.25, 0.3) is 0 Å². The third kappa shape index (κ3) is 5.58. The molecule has 4 nitrogen and oxygen atoms in total. The van der Waals surface area contributed by atoms with E-state index < -0.39 is 27.7 Å². The highest BCUT2D eigenvalue weighted by Gasteiger charge is 2.60. The number of rotatable bonds is 7. The van der Waals surface area contributed by atoms with Crippen LogP contribution in [0.5, 0.6) is 0 Å². The first-order valence-electron chi connectivity index (χ1n) is 11.3. The van der Waals surface area contributed by atoms with E-state index in [9.17, 15) is 30.5 Å². The molecule has 0 N–H and O–H groups in total. The molecular weight excluding hydrogens is 506 g/mol. The molecule has 0 aliphatic rings. The maximum Gasteiger partial charge on any atom is 0.396 e. The second-order valence-corrected chi connectivity index (χ2v) is 9.46. The van der Waals surface area contributed by atoms with Gasteiger partial charge in [-0.1, -0.05) is 79.7 Å². The van der Waals surface area contributed by atoms with Gasteiger partial charge in [0.15, 0.2) is 10.1 Å². The van der Waals surface area contributed by atoms with Gasteiger partial charge >= 0.3 is 11.2 Å². The fourth-order valence-electron chi connectivity index (χ4n) is 3.89. The third-order valence-corrected chi connectivity index (χ3v) is 6.68. The van der Waals surface area contributed by atoms with Gasteiger partial charge in [0.2, 0.25) is 0 Å². The molecule has 0 spiro atoms. The molecule has 0 radical (unpaired) electrons. The van der Waals surface area contributed by atoms with Gasteiger partial charge in [0, 0.05) is 55.0 Å². The lowest BCUT2D eigenvalue weighted by atomic mass is 10.1. The molecule has 0 atom stereocenters. The zero-order valence-corrected chi connectivity index (χ0v) is 20.7. The van der Waals surface area contributed by atoms with E-state index in [1.54, 1.807) is 0 Å². The predicted octanol–water partition coefficient (Wildman–Crippen LogP) is 8.16. The normalized spacial score (nSPS) is 12.4. The van der Waals surface area contributed by atoms with Crippen LogP contribution >= 0.6 is 0 Å². The first kappa shape index (κ1) is 28.0. The van der Waals surface area contributed by atoms with Crippen LogP contribution in [0.15, 0.2) is 121 Å². The minimum atomic E-state index is -6.31.